The van der Waals surface area contributed by atoms with Crippen LogP contribution in [-0.2, 0) is 9.59 Å². The predicted octanol–water partition coefficient (Wildman–Crippen LogP) is 2.93. The number of piperidine rings is 1. The number of amides is 2. The van der Waals surface area contributed by atoms with E-state index in [1.807, 2.05) is 6.07 Å². The third kappa shape index (κ3) is 5.83. The second-order valence-electron chi connectivity index (χ2n) is 8.58. The lowest BCUT2D eigenvalue weighted by Crippen LogP contribution is -2.48. The van der Waals surface area contributed by atoms with E-state index in [0.717, 1.165) is 64.4 Å². The van der Waals surface area contributed by atoms with Crippen LogP contribution in [0.4, 0.5) is 5.95 Å². The van der Waals surface area contributed by atoms with Crippen LogP contribution in [0.25, 0.3) is 0 Å². The number of anilines is 1. The van der Waals surface area contributed by atoms with Crippen molar-refractivity contribution >= 4 is 42.6 Å². The van der Waals surface area contributed by atoms with Crippen LogP contribution < -0.4 is 4.90 Å². The van der Waals surface area contributed by atoms with E-state index >= 15 is 0 Å². The Hall–Kier alpha value is -1.44. The molecule has 1 aliphatic carbocycles. The van der Waals surface area contributed by atoms with Crippen LogP contribution >= 0.6 is 24.8 Å². The number of carbonyl (C=O) groups excluding carboxylic acids is 2. The Morgan fingerprint density at radius 2 is 1.40 bits per heavy atom. The Morgan fingerprint density at radius 1 is 0.833 bits per heavy atom. The zero-order valence-electron chi connectivity index (χ0n) is 17.5. The molecular weight excluding hydrogens is 425 g/mol. The van der Waals surface area contributed by atoms with Gasteiger partial charge in [0.25, 0.3) is 0 Å². The maximum Gasteiger partial charge on any atom is 0.229 e. The van der Waals surface area contributed by atoms with Gasteiger partial charge < -0.3 is 4.90 Å². The minimum Gasteiger partial charge on any atom is -0.338 e. The molecular formula is C21H33Cl2N5O2. The van der Waals surface area contributed by atoms with Crippen LogP contribution in [-0.4, -0.2) is 70.9 Å². The van der Waals surface area contributed by atoms with Gasteiger partial charge in [0.15, 0.2) is 0 Å². The molecule has 9 heteroatoms. The van der Waals surface area contributed by atoms with Crippen LogP contribution in [0.2, 0.25) is 0 Å². The van der Waals surface area contributed by atoms with Crippen molar-refractivity contribution in [2.45, 2.75) is 51.4 Å². The van der Waals surface area contributed by atoms with Crippen molar-refractivity contribution in [2.75, 3.05) is 44.2 Å². The largest absolute Gasteiger partial charge is 0.338 e. The summed E-state index contributed by atoms with van der Waals surface area (Å²) in [6, 6.07) is 1.84. The number of unbranched alkanes of at least 4 members (excludes halogenated alkanes) is 1. The normalized spacial score (nSPS) is 21.5. The van der Waals surface area contributed by atoms with E-state index in [0.29, 0.717) is 19.4 Å². The zero-order chi connectivity index (χ0) is 19.4. The molecule has 0 N–H and O–H groups in total. The predicted molar refractivity (Wildman–Crippen MR) is 121 cm³/mol. The van der Waals surface area contributed by atoms with E-state index < -0.39 is 0 Å². The van der Waals surface area contributed by atoms with Gasteiger partial charge in [0.2, 0.25) is 17.8 Å². The summed E-state index contributed by atoms with van der Waals surface area (Å²) in [6.45, 7) is 5.49. The molecule has 3 heterocycles. The Kier molecular flexibility index (Phi) is 9.31. The summed E-state index contributed by atoms with van der Waals surface area (Å²) in [6.07, 6.45) is 11.1. The molecule has 1 aromatic rings. The van der Waals surface area contributed by atoms with Gasteiger partial charge in [-0.1, -0.05) is 12.8 Å². The van der Waals surface area contributed by atoms with Crippen molar-refractivity contribution in [3.63, 3.8) is 0 Å². The first kappa shape index (κ1) is 24.8. The Labute approximate surface area is 191 Å². The molecule has 0 bridgehead atoms. The standard InChI is InChI=1S/C21H31N5O2.2ClH/c27-18-16-21(6-1-2-7-21)17-19(28)26(18)11-4-3-10-24-12-14-25(15-13-24)20-22-8-5-9-23-20;;/h5,8-9H,1-4,6-7,10-17H2;2*1H. The number of imide groups is 1. The maximum absolute atomic E-state index is 12.5. The van der Waals surface area contributed by atoms with Gasteiger partial charge in [-0.3, -0.25) is 19.4 Å². The lowest BCUT2D eigenvalue weighted by atomic mass is 9.76. The summed E-state index contributed by atoms with van der Waals surface area (Å²) in [5.74, 6) is 0.938. The highest BCUT2D eigenvalue weighted by atomic mass is 35.5. The molecule has 7 nitrogen and oxygen atoms in total. The quantitative estimate of drug-likeness (QED) is 0.482. The van der Waals surface area contributed by atoms with Crippen molar-refractivity contribution in [1.82, 2.24) is 19.8 Å². The van der Waals surface area contributed by atoms with Gasteiger partial charge in [-0.15, -0.1) is 24.8 Å². The van der Waals surface area contributed by atoms with Gasteiger partial charge in [0, 0.05) is 58.0 Å². The molecule has 2 amide bonds. The number of piperazine rings is 1. The second kappa shape index (κ2) is 11.3. The Balaban J connectivity index is 0.00000160. The maximum atomic E-state index is 12.5. The summed E-state index contributed by atoms with van der Waals surface area (Å²) in [5.41, 5.74) is 0.00676. The molecule has 4 rings (SSSR count). The van der Waals surface area contributed by atoms with E-state index in [-0.39, 0.29) is 42.0 Å². The molecule has 168 valence electrons. The van der Waals surface area contributed by atoms with Gasteiger partial charge in [-0.2, -0.15) is 0 Å². The molecule has 30 heavy (non-hydrogen) atoms. The monoisotopic (exact) mass is 457 g/mol. The summed E-state index contributed by atoms with van der Waals surface area (Å²) in [5, 5.41) is 0. The number of aromatic nitrogens is 2. The number of rotatable bonds is 6. The fraction of sp³-hybridized carbons (Fsp3) is 0.714. The van der Waals surface area contributed by atoms with Gasteiger partial charge in [-0.05, 0) is 43.7 Å². The molecule has 0 radical (unpaired) electrons. The number of nitrogens with zero attached hydrogens (tertiary/aromatic N) is 5. The van der Waals surface area contributed by atoms with E-state index in [1.165, 1.54) is 17.7 Å². The van der Waals surface area contributed by atoms with Crippen LogP contribution in [0.3, 0.4) is 0 Å². The number of halogens is 2. The van der Waals surface area contributed by atoms with E-state index in [2.05, 4.69) is 19.8 Å². The minimum absolute atomic E-state index is 0. The van der Waals surface area contributed by atoms with E-state index in [1.54, 1.807) is 12.4 Å². The molecule has 0 atom stereocenters. The van der Waals surface area contributed by atoms with Crippen LogP contribution in [0.5, 0.6) is 0 Å². The van der Waals surface area contributed by atoms with Gasteiger partial charge in [0.05, 0.1) is 0 Å². The lowest BCUT2D eigenvalue weighted by molar-refractivity contribution is -0.153. The number of hydrogen-bond donors (Lipinski definition) is 0. The number of hydrogen-bond acceptors (Lipinski definition) is 6. The second-order valence-corrected chi connectivity index (χ2v) is 8.58. The molecule has 2 saturated heterocycles. The topological polar surface area (TPSA) is 69.6 Å². The highest BCUT2D eigenvalue weighted by Crippen LogP contribution is 2.46. The van der Waals surface area contributed by atoms with Gasteiger partial charge >= 0.3 is 0 Å². The first-order chi connectivity index (χ1) is 13.7. The van der Waals surface area contributed by atoms with Crippen molar-refractivity contribution in [3.05, 3.63) is 18.5 Å². The smallest absolute Gasteiger partial charge is 0.229 e. The van der Waals surface area contributed by atoms with Crippen molar-refractivity contribution in [3.8, 4) is 0 Å². The molecule has 1 saturated carbocycles. The highest BCUT2D eigenvalue weighted by Gasteiger charge is 2.44. The third-order valence-corrected chi connectivity index (χ3v) is 6.63. The highest BCUT2D eigenvalue weighted by molar-refractivity contribution is 5.98. The summed E-state index contributed by atoms with van der Waals surface area (Å²) >= 11 is 0. The third-order valence-electron chi connectivity index (χ3n) is 6.63. The summed E-state index contributed by atoms with van der Waals surface area (Å²) in [4.78, 5) is 39.9. The van der Waals surface area contributed by atoms with E-state index in [9.17, 15) is 9.59 Å². The fourth-order valence-electron chi connectivity index (χ4n) is 4.99. The molecule has 3 fully saturated rings. The molecule has 1 spiro atoms. The molecule has 1 aromatic heterocycles. The van der Waals surface area contributed by atoms with Crippen LogP contribution in [0.1, 0.15) is 51.4 Å². The van der Waals surface area contributed by atoms with Crippen molar-refractivity contribution in [2.24, 2.45) is 5.41 Å². The molecule has 0 aromatic carbocycles. The lowest BCUT2D eigenvalue weighted by Gasteiger charge is -2.37. The minimum atomic E-state index is 0. The summed E-state index contributed by atoms with van der Waals surface area (Å²) < 4.78 is 0. The average molecular weight is 458 g/mol. The van der Waals surface area contributed by atoms with Gasteiger partial charge in [-0.25, -0.2) is 9.97 Å². The fourth-order valence-corrected chi connectivity index (χ4v) is 4.99. The van der Waals surface area contributed by atoms with Gasteiger partial charge in [0.1, 0.15) is 0 Å². The van der Waals surface area contributed by atoms with Crippen molar-refractivity contribution in [1.29, 1.82) is 0 Å². The van der Waals surface area contributed by atoms with E-state index in [4.69, 9.17) is 0 Å². The SMILES string of the molecule is Cl.Cl.O=C1CC2(CCCC2)CC(=O)N1CCCCN1CCN(c2ncccn2)CC1. The first-order valence-corrected chi connectivity index (χ1v) is 10.7. The molecule has 0 unspecified atom stereocenters. The first-order valence-electron chi connectivity index (χ1n) is 10.7. The van der Waals surface area contributed by atoms with Crippen LogP contribution in [0, 0.1) is 5.41 Å². The Bertz CT molecular complexity index is 672. The average Bonchev–Trinajstić information content (AvgIpc) is 3.15. The molecule has 3 aliphatic rings. The van der Waals surface area contributed by atoms with Crippen molar-refractivity contribution < 1.29 is 9.59 Å². The summed E-state index contributed by atoms with van der Waals surface area (Å²) in [7, 11) is 0. The Morgan fingerprint density at radius 3 is 2.00 bits per heavy atom. The number of carbonyl (C=O) groups is 2. The molecule has 2 aliphatic heterocycles. The number of likely N-dealkylation sites (tertiary alicyclic amines) is 1. The zero-order valence-corrected chi connectivity index (χ0v) is 19.1. The van der Waals surface area contributed by atoms with Crippen LogP contribution in [0.15, 0.2) is 18.5 Å².